The number of aliphatic hydroxyl groups is 2. The van der Waals surface area contributed by atoms with E-state index in [-0.39, 0.29) is 54.4 Å². The summed E-state index contributed by atoms with van der Waals surface area (Å²) in [6, 6.07) is -0.183. The van der Waals surface area contributed by atoms with Gasteiger partial charge < -0.3 is 35.4 Å². The molecule has 53 heavy (non-hydrogen) atoms. The zero-order chi connectivity index (χ0) is 38.9. The molecule has 0 spiro atoms. The smallest absolute Gasteiger partial charge is 0.240 e. The third-order valence-corrected chi connectivity index (χ3v) is 15.4. The first-order chi connectivity index (χ1) is 25.0. The van der Waals surface area contributed by atoms with Gasteiger partial charge in [-0.25, -0.2) is 0 Å². The summed E-state index contributed by atoms with van der Waals surface area (Å²) in [6.07, 6.45) is 7.46. The number of rotatable bonds is 15. The molecule has 1 saturated heterocycles. The normalized spacial score (nSPS) is 40.4. The van der Waals surface area contributed by atoms with Crippen molar-refractivity contribution in [1.82, 2.24) is 25.5 Å². The van der Waals surface area contributed by atoms with Gasteiger partial charge >= 0.3 is 0 Å². The molecule has 4 N–H and O–H groups in total. The molecule has 16 atom stereocenters. The van der Waals surface area contributed by atoms with E-state index in [4.69, 9.17) is 9.57 Å². The van der Waals surface area contributed by atoms with Crippen LogP contribution < -0.4 is 10.6 Å². The van der Waals surface area contributed by atoms with E-state index in [1.807, 2.05) is 7.11 Å². The summed E-state index contributed by atoms with van der Waals surface area (Å²) in [6.45, 7) is 14.2. The van der Waals surface area contributed by atoms with Gasteiger partial charge in [-0.1, -0.05) is 47.5 Å². The SMILES string of the molecule is CC[C@H](C)C(CN(C)C)NC(=O)C1CC(C2CCCC(CN3O[C@@H](CO)[C@@H]([C@H](C)O)[C@H]3C(=O)N[C@H]3C[C@H]4C[C@@H]([C@@H]3C)C4(C)C)C2OC)CC(N(C)C)C1. The summed E-state index contributed by atoms with van der Waals surface area (Å²) < 4.78 is 6.42. The Labute approximate surface area is 321 Å². The number of amides is 2. The highest BCUT2D eigenvalue weighted by molar-refractivity contribution is 5.83. The van der Waals surface area contributed by atoms with E-state index < -0.39 is 24.2 Å². The van der Waals surface area contributed by atoms with Crippen molar-refractivity contribution >= 4 is 11.8 Å². The van der Waals surface area contributed by atoms with Gasteiger partial charge in [-0.15, -0.1) is 0 Å². The van der Waals surface area contributed by atoms with Crippen LogP contribution in [0.3, 0.4) is 0 Å². The Bertz CT molecular complexity index is 1220. The molecular formula is C42H77N5O6. The summed E-state index contributed by atoms with van der Waals surface area (Å²) in [7, 11) is 10.2. The molecule has 0 aromatic heterocycles. The second-order valence-corrected chi connectivity index (χ2v) is 19.4. The number of hydrogen-bond acceptors (Lipinski definition) is 9. The number of fused-ring (bicyclic) bond motifs is 2. The van der Waals surface area contributed by atoms with Crippen molar-refractivity contribution in [1.29, 1.82) is 0 Å². The summed E-state index contributed by atoms with van der Waals surface area (Å²) in [5.41, 5.74) is 0.316. The average molecular weight is 748 g/mol. The van der Waals surface area contributed by atoms with Crippen LogP contribution in [0, 0.1) is 58.7 Å². The lowest BCUT2D eigenvalue weighted by Crippen LogP contribution is -2.62. The number of hydroxylamine groups is 2. The second-order valence-electron chi connectivity index (χ2n) is 19.4. The molecular weight excluding hydrogens is 670 g/mol. The van der Waals surface area contributed by atoms with Crippen LogP contribution >= 0.6 is 0 Å². The number of carbonyl (C=O) groups excluding carboxylic acids is 2. The third-order valence-electron chi connectivity index (χ3n) is 15.4. The van der Waals surface area contributed by atoms with Crippen molar-refractivity contribution in [2.24, 2.45) is 58.7 Å². The molecule has 1 heterocycles. The highest BCUT2D eigenvalue weighted by atomic mass is 16.7. The molecule has 6 rings (SSSR count). The second kappa shape index (κ2) is 17.9. The van der Waals surface area contributed by atoms with Gasteiger partial charge in [0.25, 0.3) is 0 Å². The van der Waals surface area contributed by atoms with Crippen LogP contribution in [0.1, 0.15) is 99.3 Å². The first kappa shape index (κ1) is 42.8. The standard InChI is InChI=1S/C42H77N5O6/c1-12-24(2)35(22-45(7)8)44-40(50)29-16-28(17-31(18-29)46(9)10)32-15-13-14-27(39(32)52-11)21-47-38(37(26(4)49)36(23-48)53-47)41(51)43-34-20-30-19-33(25(34)3)42(30,5)6/h24-39,48-49H,12-23H2,1-11H3,(H,43,51)(H,44,50)/t24-,25-,26-,27?,28?,29?,30+,31?,32?,33-,34-,35?,36-,37+,38-,39?/m0/s1. The lowest BCUT2D eigenvalue weighted by Gasteiger charge is -2.62. The molecule has 2 bridgehead atoms. The lowest BCUT2D eigenvalue weighted by molar-refractivity contribution is -0.193. The molecule has 0 radical (unpaired) electrons. The highest BCUT2D eigenvalue weighted by Gasteiger charge is 2.58. The van der Waals surface area contributed by atoms with Crippen molar-refractivity contribution in [3.63, 3.8) is 0 Å². The molecule has 0 aromatic carbocycles. The number of methoxy groups -OCH3 is 1. The Hall–Kier alpha value is -1.34. The predicted octanol–water partition coefficient (Wildman–Crippen LogP) is 4.02. The third kappa shape index (κ3) is 9.12. The van der Waals surface area contributed by atoms with Crippen molar-refractivity contribution in [2.75, 3.05) is 55.0 Å². The van der Waals surface area contributed by atoms with Crippen LogP contribution in [0.4, 0.5) is 0 Å². The summed E-state index contributed by atoms with van der Waals surface area (Å²) >= 11 is 0. The maximum atomic E-state index is 14.3. The minimum Gasteiger partial charge on any atom is -0.394 e. The van der Waals surface area contributed by atoms with E-state index in [1.165, 1.54) is 6.42 Å². The maximum Gasteiger partial charge on any atom is 0.240 e. The quantitative estimate of drug-likeness (QED) is 0.197. The molecule has 0 aromatic rings. The van der Waals surface area contributed by atoms with Gasteiger partial charge in [0.15, 0.2) is 0 Å². The number of carbonyl (C=O) groups is 2. The molecule has 2 amide bonds. The summed E-state index contributed by atoms with van der Waals surface area (Å²) in [5, 5.41) is 30.1. The fourth-order valence-corrected chi connectivity index (χ4v) is 11.8. The zero-order valence-corrected chi connectivity index (χ0v) is 35.1. The largest absolute Gasteiger partial charge is 0.394 e. The van der Waals surface area contributed by atoms with Gasteiger partial charge in [-0.05, 0) is 121 Å². The molecule has 5 saturated carbocycles. The van der Waals surface area contributed by atoms with Gasteiger partial charge in [-0.2, -0.15) is 5.06 Å². The fraction of sp³-hybridized carbons (Fsp3) is 0.952. The van der Waals surface area contributed by atoms with Crippen LogP contribution in [0.15, 0.2) is 0 Å². The van der Waals surface area contributed by atoms with Gasteiger partial charge in [0, 0.05) is 56.1 Å². The van der Waals surface area contributed by atoms with Crippen LogP contribution in [0.2, 0.25) is 0 Å². The predicted molar refractivity (Wildman–Crippen MR) is 209 cm³/mol. The molecule has 11 nitrogen and oxygen atoms in total. The highest BCUT2D eigenvalue weighted by Crippen LogP contribution is 2.61. The van der Waals surface area contributed by atoms with Crippen LogP contribution in [0.5, 0.6) is 0 Å². The van der Waals surface area contributed by atoms with Crippen molar-refractivity contribution < 1.29 is 29.4 Å². The summed E-state index contributed by atoms with van der Waals surface area (Å²) in [5.74, 6) is 2.16. The van der Waals surface area contributed by atoms with E-state index in [1.54, 1.807) is 12.0 Å². The topological polar surface area (TPSA) is 127 Å². The average Bonchev–Trinajstić information content (AvgIpc) is 3.49. The van der Waals surface area contributed by atoms with E-state index in [2.05, 4.69) is 83.2 Å². The van der Waals surface area contributed by atoms with Crippen LogP contribution in [-0.4, -0.2) is 134 Å². The van der Waals surface area contributed by atoms with E-state index >= 15 is 0 Å². The Balaban J connectivity index is 1.32. The first-order valence-corrected chi connectivity index (χ1v) is 21.2. The number of nitrogens with zero attached hydrogens (tertiary/aromatic N) is 3. The zero-order valence-electron chi connectivity index (χ0n) is 35.1. The monoisotopic (exact) mass is 748 g/mol. The number of nitrogens with one attached hydrogen (secondary N) is 2. The number of aliphatic hydroxyl groups excluding tert-OH is 2. The van der Waals surface area contributed by atoms with Crippen molar-refractivity contribution in [3.05, 3.63) is 0 Å². The molecule has 7 unspecified atom stereocenters. The molecule has 306 valence electrons. The number of likely N-dealkylation sites (N-methyl/N-ethyl adjacent to an activating group) is 1. The van der Waals surface area contributed by atoms with Gasteiger partial charge in [-0.3, -0.25) is 14.4 Å². The van der Waals surface area contributed by atoms with E-state index in [0.29, 0.717) is 47.6 Å². The molecule has 11 heteroatoms. The Morgan fingerprint density at radius 2 is 1.75 bits per heavy atom. The summed E-state index contributed by atoms with van der Waals surface area (Å²) in [4.78, 5) is 39.2. The molecule has 1 aliphatic heterocycles. The maximum absolute atomic E-state index is 14.3. The molecule has 6 aliphatic rings. The van der Waals surface area contributed by atoms with Gasteiger partial charge in [0.1, 0.15) is 12.1 Å². The van der Waals surface area contributed by atoms with Gasteiger partial charge in [0.05, 0.1) is 18.8 Å². The Kier molecular flexibility index (Phi) is 14.4. The van der Waals surface area contributed by atoms with Crippen molar-refractivity contribution in [2.45, 2.75) is 142 Å². The Morgan fingerprint density at radius 3 is 2.32 bits per heavy atom. The first-order valence-electron chi connectivity index (χ1n) is 21.2. The minimum absolute atomic E-state index is 0.0568. The number of hydrogen-bond donors (Lipinski definition) is 4. The molecule has 6 fully saturated rings. The van der Waals surface area contributed by atoms with E-state index in [0.717, 1.165) is 57.9 Å². The minimum atomic E-state index is -0.827. The fourth-order valence-electron chi connectivity index (χ4n) is 11.8. The van der Waals surface area contributed by atoms with Crippen LogP contribution in [-0.2, 0) is 19.2 Å². The molecule has 5 aliphatic carbocycles. The lowest BCUT2D eigenvalue weighted by atomic mass is 9.45. The van der Waals surface area contributed by atoms with Crippen LogP contribution in [0.25, 0.3) is 0 Å². The Morgan fingerprint density at radius 1 is 1.04 bits per heavy atom. The van der Waals surface area contributed by atoms with E-state index in [9.17, 15) is 19.8 Å². The van der Waals surface area contributed by atoms with Crippen molar-refractivity contribution in [3.8, 4) is 0 Å². The van der Waals surface area contributed by atoms with Gasteiger partial charge in [0.2, 0.25) is 11.8 Å². The number of ether oxygens (including phenoxy) is 1.